The predicted octanol–water partition coefficient (Wildman–Crippen LogP) is 2.20. The van der Waals surface area contributed by atoms with Crippen molar-refractivity contribution in [3.63, 3.8) is 0 Å². The minimum atomic E-state index is -0.177. The van der Waals surface area contributed by atoms with Gasteiger partial charge in [-0.1, -0.05) is 18.2 Å². The summed E-state index contributed by atoms with van der Waals surface area (Å²) >= 11 is 0. The van der Waals surface area contributed by atoms with Crippen LogP contribution >= 0.6 is 0 Å². The molecule has 17 heavy (non-hydrogen) atoms. The van der Waals surface area contributed by atoms with Gasteiger partial charge in [0.25, 0.3) is 0 Å². The summed E-state index contributed by atoms with van der Waals surface area (Å²) in [6, 6.07) is 7.88. The number of anilines is 1. The van der Waals surface area contributed by atoms with Gasteiger partial charge in [-0.2, -0.15) is 0 Å². The smallest absolute Gasteiger partial charge is 0.307 e. The first kappa shape index (κ1) is 13.5. The number of para-hydroxylation sites is 1. The summed E-state index contributed by atoms with van der Waals surface area (Å²) in [5.41, 5.74) is 2.08. The summed E-state index contributed by atoms with van der Waals surface area (Å²) in [5, 5.41) is 3.21. The minimum Gasteiger partial charge on any atom is -0.466 e. The molecule has 0 aliphatic carbocycles. The van der Waals surface area contributed by atoms with Crippen molar-refractivity contribution in [2.75, 3.05) is 25.6 Å². The number of hydrogen-bond acceptors (Lipinski definition) is 4. The van der Waals surface area contributed by atoms with Crippen LogP contribution in [-0.2, 0) is 20.9 Å². The maximum Gasteiger partial charge on any atom is 0.307 e. The second kappa shape index (κ2) is 7.68. The molecule has 0 spiro atoms. The van der Waals surface area contributed by atoms with Crippen LogP contribution in [0.5, 0.6) is 0 Å². The topological polar surface area (TPSA) is 47.6 Å². The van der Waals surface area contributed by atoms with Gasteiger partial charge in [-0.05, 0) is 13.0 Å². The Balaban J connectivity index is 2.43. The molecule has 1 N–H and O–H groups in total. The first-order valence-corrected chi connectivity index (χ1v) is 5.74. The van der Waals surface area contributed by atoms with Crippen LogP contribution in [0, 0.1) is 0 Å². The minimum absolute atomic E-state index is 0.177. The quantitative estimate of drug-likeness (QED) is 0.738. The van der Waals surface area contributed by atoms with Gasteiger partial charge in [0.1, 0.15) is 0 Å². The first-order valence-electron chi connectivity index (χ1n) is 5.74. The zero-order chi connectivity index (χ0) is 12.5. The van der Waals surface area contributed by atoms with Crippen LogP contribution < -0.4 is 5.32 Å². The van der Waals surface area contributed by atoms with E-state index in [1.807, 2.05) is 24.3 Å². The first-order chi connectivity index (χ1) is 8.27. The SMILES string of the molecule is CCOC(=O)CCNc1ccccc1COC. The van der Waals surface area contributed by atoms with Crippen molar-refractivity contribution < 1.29 is 14.3 Å². The standard InChI is InChI=1S/C13H19NO3/c1-3-17-13(15)8-9-14-12-7-5-4-6-11(12)10-16-2/h4-7,14H,3,8-10H2,1-2H3. The molecule has 0 aliphatic rings. The summed E-state index contributed by atoms with van der Waals surface area (Å²) in [6.07, 6.45) is 0.370. The molecular weight excluding hydrogens is 218 g/mol. The van der Waals surface area contributed by atoms with E-state index in [9.17, 15) is 4.79 Å². The third-order valence-electron chi connectivity index (χ3n) is 2.27. The Morgan fingerprint density at radius 1 is 1.35 bits per heavy atom. The number of carbonyl (C=O) groups is 1. The number of methoxy groups -OCH3 is 1. The Kier molecular flexibility index (Phi) is 6.10. The molecule has 0 bridgehead atoms. The Morgan fingerprint density at radius 3 is 2.82 bits per heavy atom. The van der Waals surface area contributed by atoms with Crippen LogP contribution in [0.2, 0.25) is 0 Å². The fraction of sp³-hybridized carbons (Fsp3) is 0.462. The van der Waals surface area contributed by atoms with Crippen molar-refractivity contribution in [1.82, 2.24) is 0 Å². The van der Waals surface area contributed by atoms with E-state index < -0.39 is 0 Å². The van der Waals surface area contributed by atoms with Gasteiger partial charge >= 0.3 is 5.97 Å². The van der Waals surface area contributed by atoms with Crippen molar-refractivity contribution in [2.24, 2.45) is 0 Å². The molecule has 0 atom stereocenters. The van der Waals surface area contributed by atoms with E-state index in [2.05, 4.69) is 5.32 Å². The van der Waals surface area contributed by atoms with Crippen LogP contribution in [0.1, 0.15) is 18.9 Å². The van der Waals surface area contributed by atoms with Crippen molar-refractivity contribution in [3.05, 3.63) is 29.8 Å². The number of benzene rings is 1. The lowest BCUT2D eigenvalue weighted by atomic mass is 10.2. The van der Waals surface area contributed by atoms with Gasteiger partial charge in [0.2, 0.25) is 0 Å². The summed E-state index contributed by atoms with van der Waals surface area (Å²) in [6.45, 7) is 3.36. The van der Waals surface area contributed by atoms with Gasteiger partial charge in [-0.3, -0.25) is 4.79 Å². The molecule has 0 heterocycles. The summed E-state index contributed by atoms with van der Waals surface area (Å²) in [7, 11) is 1.66. The summed E-state index contributed by atoms with van der Waals surface area (Å²) < 4.78 is 9.96. The van der Waals surface area contributed by atoms with E-state index in [1.165, 1.54) is 0 Å². The van der Waals surface area contributed by atoms with E-state index in [4.69, 9.17) is 9.47 Å². The number of nitrogens with one attached hydrogen (secondary N) is 1. The number of rotatable bonds is 7. The molecule has 0 aliphatic heterocycles. The fourth-order valence-electron chi connectivity index (χ4n) is 1.51. The number of hydrogen-bond donors (Lipinski definition) is 1. The molecule has 0 amide bonds. The predicted molar refractivity (Wildman–Crippen MR) is 66.9 cm³/mol. The molecule has 0 fully saturated rings. The average molecular weight is 237 g/mol. The Bertz CT molecular complexity index is 352. The molecular formula is C13H19NO3. The molecule has 0 aromatic heterocycles. The molecule has 4 heteroatoms. The van der Waals surface area contributed by atoms with Crippen LogP contribution in [-0.4, -0.2) is 26.2 Å². The van der Waals surface area contributed by atoms with Crippen LogP contribution in [0.4, 0.5) is 5.69 Å². The average Bonchev–Trinajstić information content (AvgIpc) is 2.32. The highest BCUT2D eigenvalue weighted by atomic mass is 16.5. The maximum absolute atomic E-state index is 11.2. The van der Waals surface area contributed by atoms with E-state index in [0.717, 1.165) is 11.3 Å². The van der Waals surface area contributed by atoms with Crippen LogP contribution in [0.15, 0.2) is 24.3 Å². The highest BCUT2D eigenvalue weighted by Crippen LogP contribution is 2.15. The van der Waals surface area contributed by atoms with Crippen molar-refractivity contribution in [3.8, 4) is 0 Å². The van der Waals surface area contributed by atoms with Crippen LogP contribution in [0.25, 0.3) is 0 Å². The molecule has 4 nitrogen and oxygen atoms in total. The van der Waals surface area contributed by atoms with Gasteiger partial charge in [0, 0.05) is 24.9 Å². The van der Waals surface area contributed by atoms with Gasteiger partial charge in [0.15, 0.2) is 0 Å². The van der Waals surface area contributed by atoms with E-state index in [-0.39, 0.29) is 5.97 Å². The Morgan fingerprint density at radius 2 is 2.12 bits per heavy atom. The second-order valence-corrected chi connectivity index (χ2v) is 3.57. The molecule has 1 aromatic carbocycles. The zero-order valence-corrected chi connectivity index (χ0v) is 10.4. The third-order valence-corrected chi connectivity index (χ3v) is 2.27. The van der Waals surface area contributed by atoms with E-state index in [1.54, 1.807) is 14.0 Å². The van der Waals surface area contributed by atoms with Crippen molar-refractivity contribution in [1.29, 1.82) is 0 Å². The molecule has 1 rings (SSSR count). The van der Waals surface area contributed by atoms with Gasteiger partial charge < -0.3 is 14.8 Å². The van der Waals surface area contributed by atoms with Crippen molar-refractivity contribution >= 4 is 11.7 Å². The highest BCUT2D eigenvalue weighted by Gasteiger charge is 2.03. The van der Waals surface area contributed by atoms with Gasteiger partial charge in [0.05, 0.1) is 19.6 Å². The van der Waals surface area contributed by atoms with Gasteiger partial charge in [-0.15, -0.1) is 0 Å². The van der Waals surface area contributed by atoms with Gasteiger partial charge in [-0.25, -0.2) is 0 Å². The van der Waals surface area contributed by atoms with Crippen molar-refractivity contribution in [2.45, 2.75) is 20.0 Å². The second-order valence-electron chi connectivity index (χ2n) is 3.57. The van der Waals surface area contributed by atoms with E-state index >= 15 is 0 Å². The molecule has 0 saturated heterocycles. The lowest BCUT2D eigenvalue weighted by Gasteiger charge is -2.10. The number of esters is 1. The Labute approximate surface area is 102 Å². The molecule has 94 valence electrons. The van der Waals surface area contributed by atoms with Crippen LogP contribution in [0.3, 0.4) is 0 Å². The lowest BCUT2D eigenvalue weighted by Crippen LogP contribution is -2.12. The fourth-order valence-corrected chi connectivity index (χ4v) is 1.51. The zero-order valence-electron chi connectivity index (χ0n) is 10.4. The number of ether oxygens (including phenoxy) is 2. The largest absolute Gasteiger partial charge is 0.466 e. The monoisotopic (exact) mass is 237 g/mol. The summed E-state index contributed by atoms with van der Waals surface area (Å²) in [4.78, 5) is 11.2. The molecule has 0 saturated carbocycles. The molecule has 0 unspecified atom stereocenters. The molecule has 1 aromatic rings. The summed E-state index contributed by atoms with van der Waals surface area (Å²) in [5.74, 6) is -0.177. The lowest BCUT2D eigenvalue weighted by molar-refractivity contribution is -0.142. The number of carbonyl (C=O) groups excluding carboxylic acids is 1. The third kappa shape index (κ3) is 4.87. The highest BCUT2D eigenvalue weighted by molar-refractivity contribution is 5.70. The van der Waals surface area contributed by atoms with E-state index in [0.29, 0.717) is 26.2 Å². The molecule has 0 radical (unpaired) electrons. The Hall–Kier alpha value is -1.55. The normalized spacial score (nSPS) is 10.0. The maximum atomic E-state index is 11.2.